The molecule has 0 aliphatic carbocycles. The molecule has 0 fully saturated rings. The summed E-state index contributed by atoms with van der Waals surface area (Å²) in [5.74, 6) is -0.588. The molecule has 0 aromatic heterocycles. The van der Waals surface area contributed by atoms with E-state index in [0.717, 1.165) is 12.1 Å². The molecule has 10 heteroatoms. The summed E-state index contributed by atoms with van der Waals surface area (Å²) < 4.78 is 30.5. The van der Waals surface area contributed by atoms with E-state index in [1.165, 1.54) is 32.0 Å². The lowest BCUT2D eigenvalue weighted by atomic mass is 10.1. The van der Waals surface area contributed by atoms with Crippen molar-refractivity contribution in [2.75, 3.05) is 0 Å². The molecule has 25 heavy (non-hydrogen) atoms. The van der Waals surface area contributed by atoms with Crippen LogP contribution in [0.25, 0.3) is 0 Å². The lowest BCUT2D eigenvalue weighted by molar-refractivity contribution is -0.385. The Morgan fingerprint density at radius 1 is 1.28 bits per heavy atom. The molecule has 2 rings (SSSR count). The Morgan fingerprint density at radius 2 is 1.92 bits per heavy atom. The van der Waals surface area contributed by atoms with Crippen molar-refractivity contribution in [3.05, 3.63) is 61.1 Å². The second kappa shape index (κ2) is 7.11. The van der Waals surface area contributed by atoms with Gasteiger partial charge in [0.25, 0.3) is 5.69 Å². The number of Topliss-reactive ketones (excluding diaryl/α,β-unsaturated/α-hetero) is 1. The van der Waals surface area contributed by atoms with Gasteiger partial charge < -0.3 is 4.18 Å². The fourth-order valence-electron chi connectivity index (χ4n) is 1.99. The van der Waals surface area contributed by atoms with Gasteiger partial charge in [0.15, 0.2) is 11.5 Å². The van der Waals surface area contributed by atoms with Crippen molar-refractivity contribution < 1.29 is 22.3 Å². The molecule has 0 unspecified atom stereocenters. The minimum absolute atomic E-state index is 0.0469. The van der Waals surface area contributed by atoms with Gasteiger partial charge in [0.2, 0.25) is 0 Å². The molecular weight excluding hydrogens is 438 g/mol. The first-order valence-electron chi connectivity index (χ1n) is 6.72. The molecule has 0 saturated carbocycles. The Bertz CT molecular complexity index is 990. The number of hydrogen-bond donors (Lipinski definition) is 0. The van der Waals surface area contributed by atoms with Crippen LogP contribution in [0.4, 0.5) is 5.69 Å². The van der Waals surface area contributed by atoms with Gasteiger partial charge in [-0.25, -0.2) is 0 Å². The predicted octanol–water partition coefficient (Wildman–Crippen LogP) is 4.29. The number of hydrogen-bond acceptors (Lipinski definition) is 6. The van der Waals surface area contributed by atoms with Crippen molar-refractivity contribution in [1.29, 1.82) is 0 Å². The maximum Gasteiger partial charge on any atom is 0.339 e. The number of nitrogens with zero attached hydrogens (tertiary/aromatic N) is 1. The van der Waals surface area contributed by atoms with Crippen LogP contribution in [0.3, 0.4) is 0 Å². The summed E-state index contributed by atoms with van der Waals surface area (Å²) in [6.45, 7) is 2.66. The molecule has 0 radical (unpaired) electrons. The van der Waals surface area contributed by atoms with E-state index in [1.54, 1.807) is 0 Å². The molecule has 0 spiro atoms. The van der Waals surface area contributed by atoms with E-state index in [1.807, 2.05) is 0 Å². The van der Waals surface area contributed by atoms with Crippen LogP contribution in [0.5, 0.6) is 5.75 Å². The van der Waals surface area contributed by atoms with Crippen LogP contribution in [0.2, 0.25) is 5.02 Å². The van der Waals surface area contributed by atoms with Crippen molar-refractivity contribution in [2.24, 2.45) is 0 Å². The number of benzene rings is 2. The summed E-state index contributed by atoms with van der Waals surface area (Å²) in [7, 11) is -4.43. The molecule has 7 nitrogen and oxygen atoms in total. The quantitative estimate of drug-likeness (QED) is 0.292. The maximum absolute atomic E-state index is 12.5. The highest BCUT2D eigenvalue weighted by Gasteiger charge is 2.25. The van der Waals surface area contributed by atoms with Gasteiger partial charge in [-0.15, -0.1) is 0 Å². The van der Waals surface area contributed by atoms with E-state index in [2.05, 4.69) is 15.9 Å². The SMILES string of the molecule is CC(=O)c1cc(Br)ccc1OS(=O)(=O)c1cc(Cl)c(C)c([N+](=O)[O-])c1. The average Bonchev–Trinajstić information content (AvgIpc) is 2.50. The van der Waals surface area contributed by atoms with Crippen LogP contribution in [0.15, 0.2) is 39.7 Å². The molecule has 0 bridgehead atoms. The summed E-state index contributed by atoms with van der Waals surface area (Å²) in [5, 5.41) is 11.0. The van der Waals surface area contributed by atoms with E-state index >= 15 is 0 Å². The highest BCUT2D eigenvalue weighted by molar-refractivity contribution is 9.10. The average molecular weight is 449 g/mol. The third-order valence-corrected chi connectivity index (χ3v) is 5.39. The molecule has 0 heterocycles. The Kier molecular flexibility index (Phi) is 5.50. The first-order chi connectivity index (χ1) is 11.5. The third-order valence-electron chi connectivity index (χ3n) is 3.30. The minimum Gasteiger partial charge on any atom is -0.378 e. The van der Waals surface area contributed by atoms with Crippen LogP contribution >= 0.6 is 27.5 Å². The monoisotopic (exact) mass is 447 g/mol. The number of halogens is 2. The summed E-state index contributed by atoms with van der Waals surface area (Å²) in [6, 6.07) is 6.15. The van der Waals surface area contributed by atoms with Gasteiger partial charge in [-0.1, -0.05) is 27.5 Å². The first kappa shape index (κ1) is 19.4. The largest absolute Gasteiger partial charge is 0.378 e. The highest BCUT2D eigenvalue weighted by atomic mass is 79.9. The van der Waals surface area contributed by atoms with Gasteiger partial charge in [-0.05, 0) is 38.1 Å². The van der Waals surface area contributed by atoms with E-state index in [4.69, 9.17) is 15.8 Å². The van der Waals surface area contributed by atoms with Gasteiger partial charge in [-0.3, -0.25) is 14.9 Å². The maximum atomic E-state index is 12.5. The third kappa shape index (κ3) is 4.17. The number of nitro groups is 1. The molecule has 0 aliphatic rings. The van der Waals surface area contributed by atoms with Gasteiger partial charge in [0.05, 0.1) is 15.5 Å². The predicted molar refractivity (Wildman–Crippen MR) is 94.8 cm³/mol. The Balaban J connectivity index is 2.55. The number of nitro benzene ring substituents is 1. The van der Waals surface area contributed by atoms with Crippen molar-refractivity contribution >= 4 is 49.1 Å². The zero-order valence-electron chi connectivity index (χ0n) is 12.9. The molecular formula is C15H11BrClNO6S. The summed E-state index contributed by atoms with van der Waals surface area (Å²) in [5.41, 5.74) is -0.262. The molecule has 132 valence electrons. The van der Waals surface area contributed by atoms with Crippen LogP contribution in [-0.2, 0) is 10.1 Å². The van der Waals surface area contributed by atoms with E-state index in [0.29, 0.717) is 4.47 Å². The number of carbonyl (C=O) groups is 1. The highest BCUT2D eigenvalue weighted by Crippen LogP contribution is 2.32. The number of rotatable bonds is 5. The van der Waals surface area contributed by atoms with Crippen molar-refractivity contribution in [2.45, 2.75) is 18.7 Å². The second-order valence-electron chi connectivity index (χ2n) is 5.04. The first-order valence-corrected chi connectivity index (χ1v) is 9.30. The zero-order chi connectivity index (χ0) is 18.9. The van der Waals surface area contributed by atoms with Gasteiger partial charge in [0.1, 0.15) is 4.90 Å². The van der Waals surface area contributed by atoms with Crippen molar-refractivity contribution in [1.82, 2.24) is 0 Å². The van der Waals surface area contributed by atoms with Crippen LogP contribution in [0, 0.1) is 17.0 Å². The summed E-state index contributed by atoms with van der Waals surface area (Å²) in [4.78, 5) is 21.5. The Morgan fingerprint density at radius 3 is 2.48 bits per heavy atom. The summed E-state index contributed by atoms with van der Waals surface area (Å²) in [6.07, 6.45) is 0. The molecule has 0 N–H and O–H groups in total. The fraction of sp³-hybridized carbons (Fsp3) is 0.133. The van der Waals surface area contributed by atoms with E-state index in [-0.39, 0.29) is 21.9 Å². The Labute approximate surface area is 157 Å². The molecule has 0 atom stereocenters. The molecule has 0 amide bonds. The molecule has 2 aromatic rings. The van der Waals surface area contributed by atoms with Crippen molar-refractivity contribution in [3.8, 4) is 5.75 Å². The Hall–Kier alpha value is -1.97. The summed E-state index contributed by atoms with van der Waals surface area (Å²) >= 11 is 9.07. The van der Waals surface area contributed by atoms with Gasteiger partial charge in [-0.2, -0.15) is 8.42 Å². The molecule has 0 aliphatic heterocycles. The van der Waals surface area contributed by atoms with Crippen LogP contribution in [-0.4, -0.2) is 19.1 Å². The smallest absolute Gasteiger partial charge is 0.339 e. The zero-order valence-corrected chi connectivity index (χ0v) is 16.1. The van der Waals surface area contributed by atoms with Crippen LogP contribution in [0.1, 0.15) is 22.8 Å². The van der Waals surface area contributed by atoms with E-state index in [9.17, 15) is 23.3 Å². The fourth-order valence-corrected chi connectivity index (χ4v) is 3.63. The van der Waals surface area contributed by atoms with Gasteiger partial charge >= 0.3 is 10.1 Å². The molecule has 0 saturated heterocycles. The molecule has 2 aromatic carbocycles. The standard InChI is InChI=1S/C15H11BrClNO6S/c1-8-13(17)6-11(7-14(8)18(20)21)25(22,23)24-15-4-3-10(16)5-12(15)9(2)19/h3-7H,1-2H3. The normalized spacial score (nSPS) is 11.2. The van der Waals surface area contributed by atoms with Crippen molar-refractivity contribution in [3.63, 3.8) is 0 Å². The lowest BCUT2D eigenvalue weighted by Crippen LogP contribution is -2.12. The number of ketones is 1. The lowest BCUT2D eigenvalue weighted by Gasteiger charge is -2.11. The topological polar surface area (TPSA) is 104 Å². The van der Waals surface area contributed by atoms with Gasteiger partial charge in [0, 0.05) is 16.1 Å². The van der Waals surface area contributed by atoms with E-state index < -0.39 is 31.4 Å². The minimum atomic E-state index is -4.43. The number of carbonyl (C=O) groups excluding carboxylic acids is 1. The second-order valence-corrected chi connectivity index (χ2v) is 7.91. The van der Waals surface area contributed by atoms with Crippen LogP contribution < -0.4 is 4.18 Å².